The van der Waals surface area contributed by atoms with Gasteiger partial charge >= 0.3 is 0 Å². The highest BCUT2D eigenvalue weighted by atomic mass is 14.8. The molecule has 0 aliphatic heterocycles. The summed E-state index contributed by atoms with van der Waals surface area (Å²) in [5, 5.41) is 0. The first-order chi connectivity index (χ1) is 6.79. The lowest BCUT2D eigenvalue weighted by Crippen LogP contribution is -1.75. The molecular formula is C10H12N4. The Hall–Kier alpha value is -1.84. The van der Waals surface area contributed by atoms with Crippen molar-refractivity contribution in [1.82, 2.24) is 19.9 Å². The molecule has 0 aromatic carbocycles. The molecule has 0 saturated carbocycles. The van der Waals surface area contributed by atoms with Crippen molar-refractivity contribution in [1.29, 1.82) is 0 Å². The number of aryl methyl sites for hydroxylation is 2. The van der Waals surface area contributed by atoms with Crippen LogP contribution in [0.2, 0.25) is 0 Å². The summed E-state index contributed by atoms with van der Waals surface area (Å²) in [6.45, 7) is 3.92. The third-order valence-electron chi connectivity index (χ3n) is 1.38. The number of rotatable bonds is 0. The summed E-state index contributed by atoms with van der Waals surface area (Å²) in [7, 11) is 0. The number of nitrogens with zero attached hydrogens (tertiary/aromatic N) is 4. The van der Waals surface area contributed by atoms with Gasteiger partial charge in [0.15, 0.2) is 0 Å². The Balaban J connectivity index is 0.000000140. The van der Waals surface area contributed by atoms with Crippen molar-refractivity contribution in [2.45, 2.75) is 13.8 Å². The largest absolute Gasteiger partial charge is 0.245 e. The Morgan fingerprint density at radius 2 is 0.929 bits per heavy atom. The monoisotopic (exact) mass is 188 g/mol. The standard InChI is InChI=1S/2C5H6N2/c2*1-5-2-6-4-7-3-5/h2*2-4H,1H3. The summed E-state index contributed by atoms with van der Waals surface area (Å²) in [6, 6.07) is 0. The maximum atomic E-state index is 3.77. The molecule has 0 bridgehead atoms. The van der Waals surface area contributed by atoms with E-state index in [4.69, 9.17) is 0 Å². The van der Waals surface area contributed by atoms with Gasteiger partial charge in [-0.15, -0.1) is 0 Å². The average Bonchev–Trinajstić information content (AvgIpc) is 2.21. The molecule has 0 atom stereocenters. The van der Waals surface area contributed by atoms with E-state index in [2.05, 4.69) is 19.9 Å². The van der Waals surface area contributed by atoms with Gasteiger partial charge in [0.1, 0.15) is 12.7 Å². The molecule has 0 aliphatic rings. The van der Waals surface area contributed by atoms with Crippen LogP contribution in [0.1, 0.15) is 11.1 Å². The van der Waals surface area contributed by atoms with Gasteiger partial charge in [-0.25, -0.2) is 19.9 Å². The van der Waals surface area contributed by atoms with Gasteiger partial charge in [0, 0.05) is 24.8 Å². The smallest absolute Gasteiger partial charge is 0.115 e. The minimum absolute atomic E-state index is 1.10. The number of hydrogen-bond acceptors (Lipinski definition) is 4. The van der Waals surface area contributed by atoms with Gasteiger partial charge in [-0.3, -0.25) is 0 Å². The van der Waals surface area contributed by atoms with E-state index in [1.807, 2.05) is 13.8 Å². The van der Waals surface area contributed by atoms with Crippen LogP contribution in [0.5, 0.6) is 0 Å². The van der Waals surface area contributed by atoms with E-state index >= 15 is 0 Å². The van der Waals surface area contributed by atoms with Gasteiger partial charge in [0.05, 0.1) is 0 Å². The first kappa shape index (κ1) is 10.2. The molecule has 2 rings (SSSR count). The van der Waals surface area contributed by atoms with Crippen LogP contribution in [0.4, 0.5) is 0 Å². The van der Waals surface area contributed by atoms with E-state index in [-0.39, 0.29) is 0 Å². The van der Waals surface area contributed by atoms with E-state index < -0.39 is 0 Å². The minimum atomic E-state index is 1.10. The Morgan fingerprint density at radius 3 is 1.07 bits per heavy atom. The predicted molar refractivity (Wildman–Crippen MR) is 53.5 cm³/mol. The fraction of sp³-hybridized carbons (Fsp3) is 0.200. The summed E-state index contributed by atoms with van der Waals surface area (Å²) < 4.78 is 0. The predicted octanol–water partition coefficient (Wildman–Crippen LogP) is 1.57. The molecule has 0 radical (unpaired) electrons. The van der Waals surface area contributed by atoms with Crippen molar-refractivity contribution in [2.24, 2.45) is 0 Å². The zero-order valence-electron chi connectivity index (χ0n) is 8.25. The Labute approximate surface area is 83.1 Å². The molecule has 0 N–H and O–H groups in total. The molecule has 0 saturated heterocycles. The zero-order valence-corrected chi connectivity index (χ0v) is 8.25. The summed E-state index contributed by atoms with van der Waals surface area (Å²) >= 11 is 0. The maximum absolute atomic E-state index is 3.77. The van der Waals surface area contributed by atoms with Gasteiger partial charge in [-0.1, -0.05) is 0 Å². The topological polar surface area (TPSA) is 51.6 Å². The molecule has 0 fully saturated rings. The van der Waals surface area contributed by atoms with Crippen LogP contribution >= 0.6 is 0 Å². The van der Waals surface area contributed by atoms with Crippen molar-refractivity contribution in [2.75, 3.05) is 0 Å². The van der Waals surface area contributed by atoms with E-state index in [1.54, 1.807) is 24.8 Å². The fourth-order valence-corrected chi connectivity index (χ4v) is 0.747. The van der Waals surface area contributed by atoms with Crippen molar-refractivity contribution in [3.05, 3.63) is 48.6 Å². The summed E-state index contributed by atoms with van der Waals surface area (Å²) in [6.07, 6.45) is 10.1. The van der Waals surface area contributed by atoms with Crippen LogP contribution in [-0.4, -0.2) is 19.9 Å². The molecule has 0 spiro atoms. The molecule has 0 unspecified atom stereocenters. The average molecular weight is 188 g/mol. The summed E-state index contributed by atoms with van der Waals surface area (Å²) in [5.74, 6) is 0. The summed E-state index contributed by atoms with van der Waals surface area (Å²) in [5.41, 5.74) is 2.20. The Kier molecular flexibility index (Phi) is 4.20. The van der Waals surface area contributed by atoms with Crippen LogP contribution in [0, 0.1) is 13.8 Å². The molecule has 4 heteroatoms. The fourth-order valence-electron chi connectivity index (χ4n) is 0.747. The van der Waals surface area contributed by atoms with Crippen molar-refractivity contribution in [3.63, 3.8) is 0 Å². The van der Waals surface area contributed by atoms with Gasteiger partial charge < -0.3 is 0 Å². The van der Waals surface area contributed by atoms with E-state index in [1.165, 1.54) is 12.7 Å². The number of hydrogen-bond donors (Lipinski definition) is 0. The highest BCUT2D eigenvalue weighted by Gasteiger charge is 1.74. The molecule has 4 nitrogen and oxygen atoms in total. The lowest BCUT2D eigenvalue weighted by atomic mass is 10.4. The second-order valence-electron chi connectivity index (χ2n) is 2.83. The summed E-state index contributed by atoms with van der Waals surface area (Å²) in [4.78, 5) is 15.1. The second kappa shape index (κ2) is 5.75. The molecule has 2 aromatic rings. The third kappa shape index (κ3) is 4.25. The van der Waals surface area contributed by atoms with Crippen molar-refractivity contribution < 1.29 is 0 Å². The highest BCUT2D eigenvalue weighted by molar-refractivity contribution is 4.97. The van der Waals surface area contributed by atoms with Crippen LogP contribution in [0.15, 0.2) is 37.4 Å². The SMILES string of the molecule is Cc1cncnc1.Cc1cncnc1. The van der Waals surface area contributed by atoms with Gasteiger partial charge in [0.25, 0.3) is 0 Å². The maximum Gasteiger partial charge on any atom is 0.115 e. The normalized spacial score (nSPS) is 8.71. The molecule has 72 valence electrons. The quantitative estimate of drug-likeness (QED) is 0.629. The van der Waals surface area contributed by atoms with E-state index in [0.717, 1.165) is 11.1 Å². The molecule has 0 amide bonds. The van der Waals surface area contributed by atoms with Crippen LogP contribution in [0.3, 0.4) is 0 Å². The van der Waals surface area contributed by atoms with E-state index in [0.29, 0.717) is 0 Å². The molecule has 2 heterocycles. The van der Waals surface area contributed by atoms with Crippen LogP contribution < -0.4 is 0 Å². The Morgan fingerprint density at radius 1 is 0.643 bits per heavy atom. The van der Waals surface area contributed by atoms with Gasteiger partial charge in [0.2, 0.25) is 0 Å². The van der Waals surface area contributed by atoms with Gasteiger partial charge in [-0.05, 0) is 25.0 Å². The molecule has 0 aliphatic carbocycles. The van der Waals surface area contributed by atoms with Crippen LogP contribution in [0.25, 0.3) is 0 Å². The minimum Gasteiger partial charge on any atom is -0.245 e. The van der Waals surface area contributed by atoms with Crippen molar-refractivity contribution in [3.8, 4) is 0 Å². The molecule has 14 heavy (non-hydrogen) atoms. The van der Waals surface area contributed by atoms with E-state index in [9.17, 15) is 0 Å². The number of aromatic nitrogens is 4. The van der Waals surface area contributed by atoms with Gasteiger partial charge in [-0.2, -0.15) is 0 Å². The first-order valence-corrected chi connectivity index (χ1v) is 4.22. The van der Waals surface area contributed by atoms with Crippen LogP contribution in [-0.2, 0) is 0 Å². The molecule has 2 aromatic heterocycles. The zero-order chi connectivity index (χ0) is 10.2. The second-order valence-corrected chi connectivity index (χ2v) is 2.83. The van der Waals surface area contributed by atoms with Crippen molar-refractivity contribution >= 4 is 0 Å². The first-order valence-electron chi connectivity index (χ1n) is 4.22. The third-order valence-corrected chi connectivity index (χ3v) is 1.38. The Bertz CT molecular complexity index is 310. The highest BCUT2D eigenvalue weighted by Crippen LogP contribution is 1.84. The lowest BCUT2D eigenvalue weighted by Gasteiger charge is -1.81. The lowest BCUT2D eigenvalue weighted by molar-refractivity contribution is 1.13. The molecular weight excluding hydrogens is 176 g/mol.